The van der Waals surface area contributed by atoms with E-state index in [-0.39, 0.29) is 0 Å². The number of para-hydroxylation sites is 3. The van der Waals surface area contributed by atoms with Crippen LogP contribution in [0.1, 0.15) is 0 Å². The van der Waals surface area contributed by atoms with Crippen LogP contribution in [0.2, 0.25) is 0 Å². The molecule has 0 bridgehead atoms. The second-order valence-electron chi connectivity index (χ2n) is 18.2. The Bertz CT molecular complexity index is 4590. The topological polar surface area (TPSA) is 44.1 Å². The lowest BCUT2D eigenvalue weighted by atomic mass is 9.95. The Morgan fingerprint density at radius 1 is 0.314 bits per heavy atom. The fourth-order valence-electron chi connectivity index (χ4n) is 10.9. The van der Waals surface area contributed by atoms with E-state index in [1.54, 1.807) is 0 Å². The lowest BCUT2D eigenvalue weighted by Gasteiger charge is -2.11. The monoisotopic (exact) mass is 910 g/mol. The molecule has 5 aromatic heterocycles. The lowest BCUT2D eigenvalue weighted by Crippen LogP contribution is -1.92. The standard InChI is InChI=1S/C65H38N2O2S/c1-3-12-39(13-4-1)55-35-45(36-56(66-55)44-23-27-50-49-17-8-10-20-59(49)69-62(50)37-44)47-18-11-21-61-65(47)54-34-41(25-30-60(54)68-61)42-26-31-63-53(33-42)51-28-22-43(38-64(51)70-63)40-24-29-58-52(32-40)48-16-7-9-19-57(48)67(58)46-14-5-2-6-15-46/h1-38H. The molecule has 0 atom stereocenters. The van der Waals surface area contributed by atoms with Gasteiger partial charge in [-0.05, 0) is 130 Å². The molecular weight excluding hydrogens is 873 g/mol. The van der Waals surface area contributed by atoms with E-state index >= 15 is 0 Å². The molecule has 0 saturated heterocycles. The van der Waals surface area contributed by atoms with Crippen molar-refractivity contribution in [3.8, 4) is 61.6 Å². The SMILES string of the molecule is c1ccc(-c2cc(-c3cccc4oc5ccc(-c6ccc7sc8cc(-c9ccc%10c(c9)c9ccccc9n%10-c9ccccc9)ccc8c7c6)cc5c34)cc(-c3ccc4c(c3)oc3ccccc34)n2)cc1. The first-order valence-corrected chi connectivity index (χ1v) is 24.5. The van der Waals surface area contributed by atoms with Crippen molar-refractivity contribution in [2.45, 2.75) is 0 Å². The molecule has 326 valence electrons. The van der Waals surface area contributed by atoms with Gasteiger partial charge in [0.1, 0.15) is 22.3 Å². The van der Waals surface area contributed by atoms with E-state index in [4.69, 9.17) is 13.8 Å². The largest absolute Gasteiger partial charge is 0.456 e. The normalized spacial score (nSPS) is 12.0. The van der Waals surface area contributed by atoms with Crippen molar-refractivity contribution in [3.63, 3.8) is 0 Å². The number of fused-ring (bicyclic) bond motifs is 12. The van der Waals surface area contributed by atoms with Gasteiger partial charge in [-0.15, -0.1) is 11.3 Å². The first kappa shape index (κ1) is 39.0. The molecule has 0 saturated carbocycles. The van der Waals surface area contributed by atoms with Gasteiger partial charge in [0.05, 0.1) is 22.4 Å². The fraction of sp³-hybridized carbons (Fsp3) is 0. The smallest absolute Gasteiger partial charge is 0.136 e. The van der Waals surface area contributed by atoms with Crippen LogP contribution in [0.3, 0.4) is 0 Å². The molecule has 4 nitrogen and oxygen atoms in total. The van der Waals surface area contributed by atoms with E-state index in [1.807, 2.05) is 29.5 Å². The third-order valence-electron chi connectivity index (χ3n) is 14.2. The molecule has 0 fully saturated rings. The van der Waals surface area contributed by atoms with Crippen molar-refractivity contribution < 1.29 is 8.83 Å². The Labute approximate surface area is 405 Å². The summed E-state index contributed by atoms with van der Waals surface area (Å²) < 4.78 is 17.9. The van der Waals surface area contributed by atoms with Crippen molar-refractivity contribution in [2.75, 3.05) is 0 Å². The highest BCUT2D eigenvalue weighted by molar-refractivity contribution is 7.25. The van der Waals surface area contributed by atoms with Crippen molar-refractivity contribution in [3.05, 3.63) is 231 Å². The highest BCUT2D eigenvalue weighted by Gasteiger charge is 2.19. The third-order valence-corrected chi connectivity index (χ3v) is 15.3. The summed E-state index contributed by atoms with van der Waals surface area (Å²) in [5, 5.41) is 9.42. The zero-order valence-electron chi connectivity index (χ0n) is 37.6. The van der Waals surface area contributed by atoms with E-state index in [0.29, 0.717) is 0 Å². The summed E-state index contributed by atoms with van der Waals surface area (Å²) in [6.45, 7) is 0. The number of pyridine rings is 1. The predicted molar refractivity (Wildman–Crippen MR) is 293 cm³/mol. The second-order valence-corrected chi connectivity index (χ2v) is 19.3. The van der Waals surface area contributed by atoms with Crippen LogP contribution in [-0.2, 0) is 0 Å². The number of hydrogen-bond acceptors (Lipinski definition) is 4. The average molecular weight is 911 g/mol. The van der Waals surface area contributed by atoms with E-state index in [1.165, 1.54) is 64.4 Å². The fourth-order valence-corrected chi connectivity index (χ4v) is 12.0. The summed E-state index contributed by atoms with van der Waals surface area (Å²) in [5.74, 6) is 0. The van der Waals surface area contributed by atoms with Gasteiger partial charge in [0.2, 0.25) is 0 Å². The molecule has 5 heterocycles. The van der Waals surface area contributed by atoms with E-state index in [2.05, 4.69) is 217 Å². The van der Waals surface area contributed by atoms with E-state index in [0.717, 1.165) is 83.1 Å². The molecule has 5 heteroatoms. The zero-order valence-corrected chi connectivity index (χ0v) is 38.4. The molecular formula is C65H38N2O2S. The lowest BCUT2D eigenvalue weighted by molar-refractivity contribution is 0.668. The van der Waals surface area contributed by atoms with E-state index < -0.39 is 0 Å². The maximum Gasteiger partial charge on any atom is 0.136 e. The molecule has 70 heavy (non-hydrogen) atoms. The molecule has 0 amide bonds. The summed E-state index contributed by atoms with van der Waals surface area (Å²) in [6, 6.07) is 82.6. The van der Waals surface area contributed by atoms with Crippen LogP contribution in [0.15, 0.2) is 239 Å². The molecule has 10 aromatic carbocycles. The van der Waals surface area contributed by atoms with Gasteiger partial charge >= 0.3 is 0 Å². The Balaban J connectivity index is 0.823. The molecule has 15 aromatic rings. The van der Waals surface area contributed by atoms with Crippen molar-refractivity contribution in [2.24, 2.45) is 0 Å². The average Bonchev–Trinajstić information content (AvgIpc) is 4.19. The highest BCUT2D eigenvalue weighted by Crippen LogP contribution is 2.44. The van der Waals surface area contributed by atoms with Crippen molar-refractivity contribution >= 4 is 97.2 Å². The van der Waals surface area contributed by atoms with Gasteiger partial charge in [-0.2, -0.15) is 0 Å². The number of aromatic nitrogens is 2. The Morgan fingerprint density at radius 2 is 0.914 bits per heavy atom. The number of thiophene rings is 1. The van der Waals surface area contributed by atoms with Crippen LogP contribution < -0.4 is 0 Å². The zero-order chi connectivity index (χ0) is 45.9. The molecule has 15 rings (SSSR count). The highest BCUT2D eigenvalue weighted by atomic mass is 32.1. The minimum atomic E-state index is 0.846. The second kappa shape index (κ2) is 15.2. The van der Waals surface area contributed by atoms with Crippen LogP contribution in [-0.4, -0.2) is 9.55 Å². The summed E-state index contributed by atoms with van der Waals surface area (Å²) >= 11 is 1.86. The van der Waals surface area contributed by atoms with Crippen LogP contribution in [0.25, 0.3) is 147 Å². The maximum atomic E-state index is 6.61. The first-order valence-electron chi connectivity index (χ1n) is 23.7. The summed E-state index contributed by atoms with van der Waals surface area (Å²) in [5.41, 5.74) is 17.8. The van der Waals surface area contributed by atoms with E-state index in [9.17, 15) is 0 Å². The van der Waals surface area contributed by atoms with Crippen LogP contribution in [0.5, 0.6) is 0 Å². The van der Waals surface area contributed by atoms with Crippen LogP contribution >= 0.6 is 11.3 Å². The summed E-state index contributed by atoms with van der Waals surface area (Å²) in [6.07, 6.45) is 0. The maximum absolute atomic E-state index is 6.61. The molecule has 0 spiro atoms. The van der Waals surface area contributed by atoms with Crippen LogP contribution in [0.4, 0.5) is 0 Å². The quantitative estimate of drug-likeness (QED) is 0.167. The molecule has 0 aliphatic carbocycles. The number of furan rings is 2. The molecule has 0 aliphatic rings. The Kier molecular flexibility index (Phi) is 8.49. The van der Waals surface area contributed by atoms with Gasteiger partial charge in [-0.1, -0.05) is 133 Å². The molecule has 0 N–H and O–H groups in total. The predicted octanol–water partition coefficient (Wildman–Crippen LogP) is 18.7. The van der Waals surface area contributed by atoms with Gasteiger partial charge in [0.15, 0.2) is 0 Å². The third kappa shape index (κ3) is 6.12. The number of nitrogens with zero attached hydrogens (tertiary/aromatic N) is 2. The van der Waals surface area contributed by atoms with Crippen LogP contribution in [0, 0.1) is 0 Å². The van der Waals surface area contributed by atoms with Crippen molar-refractivity contribution in [1.29, 1.82) is 0 Å². The number of rotatable bonds is 6. The van der Waals surface area contributed by atoms with Gasteiger partial charge in [0, 0.05) is 69.3 Å². The Hall–Kier alpha value is -9.03. The minimum Gasteiger partial charge on any atom is -0.456 e. The summed E-state index contributed by atoms with van der Waals surface area (Å²) in [4.78, 5) is 5.27. The van der Waals surface area contributed by atoms with Crippen molar-refractivity contribution in [1.82, 2.24) is 9.55 Å². The molecule has 0 unspecified atom stereocenters. The Morgan fingerprint density at radius 3 is 1.79 bits per heavy atom. The number of benzene rings is 10. The minimum absolute atomic E-state index is 0.846. The van der Waals surface area contributed by atoms with Gasteiger partial charge < -0.3 is 13.4 Å². The first-order chi connectivity index (χ1) is 34.6. The number of hydrogen-bond donors (Lipinski definition) is 0. The van der Waals surface area contributed by atoms with Gasteiger partial charge in [0.25, 0.3) is 0 Å². The van der Waals surface area contributed by atoms with Gasteiger partial charge in [-0.25, -0.2) is 4.98 Å². The molecule has 0 aliphatic heterocycles. The summed E-state index contributed by atoms with van der Waals surface area (Å²) in [7, 11) is 0. The van der Waals surface area contributed by atoms with Gasteiger partial charge in [-0.3, -0.25) is 0 Å². The molecule has 0 radical (unpaired) electrons.